The molecular weight excluding hydrogens is 188 g/mol. The molecule has 0 heterocycles. The average molecular weight is 208 g/mol. The van der Waals surface area contributed by atoms with Gasteiger partial charge in [0.2, 0.25) is 0 Å². The van der Waals surface area contributed by atoms with Crippen LogP contribution in [0.15, 0.2) is 24.3 Å². The van der Waals surface area contributed by atoms with Gasteiger partial charge in [0.05, 0.1) is 6.61 Å². The number of nitrogens with two attached hydrogens (primary N) is 1. The van der Waals surface area contributed by atoms with Crippen LogP contribution in [0, 0.1) is 0 Å². The van der Waals surface area contributed by atoms with Crippen molar-refractivity contribution in [3.8, 4) is 0 Å². The van der Waals surface area contributed by atoms with Crippen molar-refractivity contribution in [2.45, 2.75) is 19.9 Å². The molecule has 3 heteroatoms. The molecule has 1 aromatic carbocycles. The monoisotopic (exact) mass is 208 g/mol. The fraction of sp³-hybridized carbons (Fsp3) is 0.500. The van der Waals surface area contributed by atoms with Gasteiger partial charge in [0, 0.05) is 31.1 Å². The number of nitrogen functional groups attached to an aromatic ring is 1. The summed E-state index contributed by atoms with van der Waals surface area (Å²) in [6.45, 7) is 5.98. The summed E-state index contributed by atoms with van der Waals surface area (Å²) in [6, 6.07) is 8.41. The number of hydrogen-bond donors (Lipinski definition) is 1. The molecule has 0 saturated carbocycles. The lowest BCUT2D eigenvalue weighted by Crippen LogP contribution is -2.33. The maximum Gasteiger partial charge on any atom is 0.0637 e. The fourth-order valence-corrected chi connectivity index (χ4v) is 1.54. The Morgan fingerprint density at radius 1 is 1.27 bits per heavy atom. The predicted octanol–water partition coefficient (Wildman–Crippen LogP) is 2.13. The highest BCUT2D eigenvalue weighted by atomic mass is 16.5. The van der Waals surface area contributed by atoms with Gasteiger partial charge in [-0.2, -0.15) is 0 Å². The number of methoxy groups -OCH3 is 1. The summed E-state index contributed by atoms with van der Waals surface area (Å²) in [5.74, 6) is 0. The second kappa shape index (κ2) is 5.61. The summed E-state index contributed by atoms with van der Waals surface area (Å²) in [4.78, 5) is 2.29. The summed E-state index contributed by atoms with van der Waals surface area (Å²) in [5.41, 5.74) is 7.65. The quantitative estimate of drug-likeness (QED) is 0.753. The summed E-state index contributed by atoms with van der Waals surface area (Å²) in [5, 5.41) is 0. The van der Waals surface area contributed by atoms with Crippen LogP contribution in [0.4, 0.5) is 11.4 Å². The third kappa shape index (κ3) is 3.44. The molecule has 0 fully saturated rings. The molecule has 0 unspecified atom stereocenters. The molecule has 0 aliphatic carbocycles. The predicted molar refractivity (Wildman–Crippen MR) is 65.2 cm³/mol. The Labute approximate surface area is 91.8 Å². The van der Waals surface area contributed by atoms with E-state index in [1.165, 1.54) is 5.69 Å². The number of ether oxygens (including phenoxy) is 1. The molecule has 0 spiro atoms. The van der Waals surface area contributed by atoms with Crippen molar-refractivity contribution in [2.24, 2.45) is 0 Å². The maximum absolute atomic E-state index is 5.66. The first-order valence-corrected chi connectivity index (χ1v) is 5.26. The van der Waals surface area contributed by atoms with E-state index in [2.05, 4.69) is 18.7 Å². The van der Waals surface area contributed by atoms with Crippen molar-refractivity contribution < 1.29 is 4.74 Å². The summed E-state index contributed by atoms with van der Waals surface area (Å²) < 4.78 is 5.10. The maximum atomic E-state index is 5.66. The Morgan fingerprint density at radius 3 is 2.33 bits per heavy atom. The zero-order valence-corrected chi connectivity index (χ0v) is 9.73. The lowest BCUT2D eigenvalue weighted by atomic mass is 10.2. The van der Waals surface area contributed by atoms with Crippen LogP contribution in [0.5, 0.6) is 0 Å². The Hall–Kier alpha value is -1.22. The first-order valence-electron chi connectivity index (χ1n) is 5.26. The number of nitrogens with zero attached hydrogens (tertiary/aromatic N) is 1. The molecule has 0 saturated heterocycles. The number of anilines is 2. The highest BCUT2D eigenvalue weighted by Crippen LogP contribution is 2.18. The molecule has 0 atom stereocenters. The SMILES string of the molecule is COCCN(c1ccc(N)cc1)C(C)C. The largest absolute Gasteiger partial charge is 0.399 e. The molecule has 2 N–H and O–H groups in total. The van der Waals surface area contributed by atoms with E-state index in [-0.39, 0.29) is 0 Å². The van der Waals surface area contributed by atoms with Gasteiger partial charge in [-0.1, -0.05) is 0 Å². The Morgan fingerprint density at radius 2 is 1.87 bits per heavy atom. The molecular formula is C12H20N2O. The Balaban J connectivity index is 2.74. The van der Waals surface area contributed by atoms with Crippen LogP contribution in [-0.2, 0) is 4.74 Å². The van der Waals surface area contributed by atoms with Gasteiger partial charge >= 0.3 is 0 Å². The van der Waals surface area contributed by atoms with E-state index in [0.717, 1.165) is 18.8 Å². The van der Waals surface area contributed by atoms with Gasteiger partial charge in [0.1, 0.15) is 0 Å². The third-order valence-electron chi connectivity index (χ3n) is 2.38. The molecule has 84 valence electrons. The van der Waals surface area contributed by atoms with Gasteiger partial charge < -0.3 is 15.4 Å². The minimum Gasteiger partial charge on any atom is -0.399 e. The van der Waals surface area contributed by atoms with E-state index < -0.39 is 0 Å². The van der Waals surface area contributed by atoms with E-state index in [1.54, 1.807) is 7.11 Å². The van der Waals surface area contributed by atoms with Crippen molar-refractivity contribution in [3.05, 3.63) is 24.3 Å². The zero-order valence-electron chi connectivity index (χ0n) is 9.73. The summed E-state index contributed by atoms with van der Waals surface area (Å²) >= 11 is 0. The smallest absolute Gasteiger partial charge is 0.0637 e. The van der Waals surface area contributed by atoms with Crippen LogP contribution in [0.3, 0.4) is 0 Å². The first-order chi connectivity index (χ1) is 7.15. The van der Waals surface area contributed by atoms with E-state index in [9.17, 15) is 0 Å². The van der Waals surface area contributed by atoms with Gasteiger partial charge in [-0.3, -0.25) is 0 Å². The summed E-state index contributed by atoms with van der Waals surface area (Å²) in [6.07, 6.45) is 0. The molecule has 1 aromatic rings. The van der Waals surface area contributed by atoms with Crippen molar-refractivity contribution in [1.29, 1.82) is 0 Å². The minimum absolute atomic E-state index is 0.462. The van der Waals surface area contributed by atoms with Gasteiger partial charge in [0.15, 0.2) is 0 Å². The molecule has 0 bridgehead atoms. The number of hydrogen-bond acceptors (Lipinski definition) is 3. The highest BCUT2D eigenvalue weighted by Gasteiger charge is 2.09. The molecule has 3 nitrogen and oxygen atoms in total. The molecule has 0 aliphatic rings. The van der Waals surface area contributed by atoms with Crippen LogP contribution < -0.4 is 10.6 Å². The van der Waals surface area contributed by atoms with Crippen molar-refractivity contribution in [2.75, 3.05) is 30.9 Å². The second-order valence-corrected chi connectivity index (χ2v) is 3.87. The van der Waals surface area contributed by atoms with E-state index in [0.29, 0.717) is 6.04 Å². The van der Waals surface area contributed by atoms with Gasteiger partial charge in [-0.05, 0) is 38.1 Å². The van der Waals surface area contributed by atoms with Crippen LogP contribution >= 0.6 is 0 Å². The van der Waals surface area contributed by atoms with Gasteiger partial charge in [-0.25, -0.2) is 0 Å². The van der Waals surface area contributed by atoms with Crippen molar-refractivity contribution >= 4 is 11.4 Å². The minimum atomic E-state index is 0.462. The topological polar surface area (TPSA) is 38.5 Å². The average Bonchev–Trinajstić information content (AvgIpc) is 2.21. The van der Waals surface area contributed by atoms with E-state index in [1.807, 2.05) is 24.3 Å². The molecule has 15 heavy (non-hydrogen) atoms. The van der Waals surface area contributed by atoms with Crippen LogP contribution in [-0.4, -0.2) is 26.3 Å². The summed E-state index contributed by atoms with van der Waals surface area (Å²) in [7, 11) is 1.72. The number of rotatable bonds is 5. The fourth-order valence-electron chi connectivity index (χ4n) is 1.54. The standard InChI is InChI=1S/C12H20N2O/c1-10(2)14(8-9-15-3)12-6-4-11(13)5-7-12/h4-7,10H,8-9,13H2,1-3H3. The van der Waals surface area contributed by atoms with Crippen LogP contribution in [0.25, 0.3) is 0 Å². The number of benzene rings is 1. The van der Waals surface area contributed by atoms with Gasteiger partial charge in [-0.15, -0.1) is 0 Å². The third-order valence-corrected chi connectivity index (χ3v) is 2.38. The normalized spacial score (nSPS) is 10.7. The molecule has 0 amide bonds. The molecule has 1 rings (SSSR count). The van der Waals surface area contributed by atoms with Crippen molar-refractivity contribution in [3.63, 3.8) is 0 Å². The lowest BCUT2D eigenvalue weighted by Gasteiger charge is -2.28. The first kappa shape index (κ1) is 11.9. The van der Waals surface area contributed by atoms with Gasteiger partial charge in [0.25, 0.3) is 0 Å². The van der Waals surface area contributed by atoms with E-state index >= 15 is 0 Å². The van der Waals surface area contributed by atoms with Crippen LogP contribution in [0.1, 0.15) is 13.8 Å². The zero-order chi connectivity index (χ0) is 11.3. The Bertz CT molecular complexity index is 282. The molecule has 0 aromatic heterocycles. The van der Waals surface area contributed by atoms with E-state index in [4.69, 9.17) is 10.5 Å². The Kier molecular flexibility index (Phi) is 4.43. The second-order valence-electron chi connectivity index (χ2n) is 3.87. The lowest BCUT2D eigenvalue weighted by molar-refractivity contribution is 0.204. The molecule has 0 radical (unpaired) electrons. The van der Waals surface area contributed by atoms with Crippen molar-refractivity contribution in [1.82, 2.24) is 0 Å². The molecule has 0 aliphatic heterocycles. The van der Waals surface area contributed by atoms with Crippen LogP contribution in [0.2, 0.25) is 0 Å². The highest BCUT2D eigenvalue weighted by molar-refractivity contribution is 5.53.